The van der Waals surface area contributed by atoms with E-state index < -0.39 is 5.97 Å². The zero-order valence-electron chi connectivity index (χ0n) is 7.87. The molecule has 0 saturated carbocycles. The molecule has 0 spiro atoms. The Labute approximate surface area is 92.6 Å². The van der Waals surface area contributed by atoms with E-state index in [2.05, 4.69) is 5.92 Å². The van der Waals surface area contributed by atoms with Gasteiger partial charge in [0.25, 0.3) is 0 Å². The zero-order valence-corrected chi connectivity index (χ0v) is 8.62. The third kappa shape index (κ3) is 3.19. The molecular weight excluding hydrogens is 216 g/mol. The first-order chi connectivity index (χ1) is 7.15. The highest BCUT2D eigenvalue weighted by atomic mass is 35.5. The molecule has 0 aliphatic carbocycles. The molecule has 78 valence electrons. The number of carbonyl (C=O) groups is 1. The zero-order chi connectivity index (χ0) is 11.3. The number of hydrogen-bond donors (Lipinski definition) is 1. The van der Waals surface area contributed by atoms with Gasteiger partial charge in [-0.3, -0.25) is 0 Å². The maximum atomic E-state index is 10.7. The van der Waals surface area contributed by atoms with Gasteiger partial charge in [0, 0.05) is 6.42 Å². The van der Waals surface area contributed by atoms with E-state index in [1.54, 1.807) is 6.07 Å². The van der Waals surface area contributed by atoms with Gasteiger partial charge in [0.15, 0.2) is 0 Å². The monoisotopic (exact) mass is 224 g/mol. The normalized spacial score (nSPS) is 9.33. The van der Waals surface area contributed by atoms with E-state index >= 15 is 0 Å². The summed E-state index contributed by atoms with van der Waals surface area (Å²) in [5, 5.41) is 8.98. The lowest BCUT2D eigenvalue weighted by atomic mass is 10.2. The minimum absolute atomic E-state index is 0.0230. The number of carboxylic acid groups (broad SMARTS) is 1. The summed E-state index contributed by atoms with van der Waals surface area (Å²) in [6.07, 6.45) is 5.53. The van der Waals surface area contributed by atoms with E-state index in [0.29, 0.717) is 18.8 Å². The van der Waals surface area contributed by atoms with Gasteiger partial charge in [-0.25, -0.2) is 4.79 Å². The minimum Gasteiger partial charge on any atom is -0.493 e. The van der Waals surface area contributed by atoms with Crippen LogP contribution in [0.25, 0.3) is 0 Å². The minimum atomic E-state index is -1.08. The number of terminal acetylenes is 1. The third-order valence-electron chi connectivity index (χ3n) is 1.68. The Hall–Kier alpha value is -1.66. The smallest absolute Gasteiger partial charge is 0.337 e. The van der Waals surface area contributed by atoms with Crippen LogP contribution in [0.4, 0.5) is 0 Å². The molecule has 1 N–H and O–H groups in total. The molecule has 0 unspecified atom stereocenters. The molecule has 15 heavy (non-hydrogen) atoms. The average Bonchev–Trinajstić information content (AvgIpc) is 2.20. The summed E-state index contributed by atoms with van der Waals surface area (Å²) in [7, 11) is 0. The molecule has 0 aromatic heterocycles. The van der Waals surface area contributed by atoms with Crippen LogP contribution in [0.2, 0.25) is 5.02 Å². The molecule has 0 saturated heterocycles. The van der Waals surface area contributed by atoms with E-state index in [4.69, 9.17) is 27.9 Å². The maximum Gasteiger partial charge on any atom is 0.337 e. The fourth-order valence-electron chi connectivity index (χ4n) is 0.986. The van der Waals surface area contributed by atoms with Crippen molar-refractivity contribution in [3.8, 4) is 18.1 Å². The van der Waals surface area contributed by atoms with E-state index in [1.165, 1.54) is 12.1 Å². The highest BCUT2D eigenvalue weighted by Gasteiger charge is 2.09. The summed E-state index contributed by atoms with van der Waals surface area (Å²) in [5.74, 6) is 1.79. The Morgan fingerprint density at radius 1 is 1.60 bits per heavy atom. The molecular formula is C11H9ClO3. The largest absolute Gasteiger partial charge is 0.493 e. The van der Waals surface area contributed by atoms with Crippen LogP contribution in [0.15, 0.2) is 18.2 Å². The predicted molar refractivity (Wildman–Crippen MR) is 57.4 cm³/mol. The molecule has 0 atom stereocenters. The van der Waals surface area contributed by atoms with Crippen LogP contribution in [-0.4, -0.2) is 17.7 Å². The molecule has 0 fully saturated rings. The predicted octanol–water partition coefficient (Wildman–Crippen LogP) is 2.44. The van der Waals surface area contributed by atoms with Crippen molar-refractivity contribution < 1.29 is 14.6 Å². The molecule has 4 heteroatoms. The summed E-state index contributed by atoms with van der Waals surface area (Å²) < 4.78 is 5.23. The van der Waals surface area contributed by atoms with Crippen molar-refractivity contribution in [2.75, 3.05) is 6.61 Å². The molecule has 0 heterocycles. The van der Waals surface area contributed by atoms with Crippen molar-refractivity contribution in [2.24, 2.45) is 0 Å². The number of ether oxygens (including phenoxy) is 1. The Bertz CT molecular complexity index is 407. The van der Waals surface area contributed by atoms with Crippen molar-refractivity contribution >= 4 is 17.6 Å². The van der Waals surface area contributed by atoms with E-state index in [0.717, 1.165) is 0 Å². The Morgan fingerprint density at radius 3 is 2.93 bits per heavy atom. The van der Waals surface area contributed by atoms with Gasteiger partial charge < -0.3 is 9.84 Å². The molecule has 0 aliphatic rings. The number of rotatable bonds is 4. The first-order valence-corrected chi connectivity index (χ1v) is 4.62. The molecule has 1 aromatic rings. The summed E-state index contributed by atoms with van der Waals surface area (Å²) in [4.78, 5) is 10.7. The van der Waals surface area contributed by atoms with E-state index in [1.807, 2.05) is 0 Å². The Morgan fingerprint density at radius 2 is 2.33 bits per heavy atom. The lowest BCUT2D eigenvalue weighted by molar-refractivity contribution is 0.0696. The highest BCUT2D eigenvalue weighted by molar-refractivity contribution is 6.33. The first-order valence-electron chi connectivity index (χ1n) is 4.24. The molecule has 0 radical (unpaired) electrons. The van der Waals surface area contributed by atoms with Gasteiger partial charge in [0.1, 0.15) is 5.75 Å². The van der Waals surface area contributed by atoms with Crippen LogP contribution in [-0.2, 0) is 0 Å². The number of aromatic carboxylic acids is 1. The Balaban J connectivity index is 2.79. The van der Waals surface area contributed by atoms with Crippen molar-refractivity contribution in [2.45, 2.75) is 6.42 Å². The second-order valence-electron chi connectivity index (χ2n) is 2.75. The maximum absolute atomic E-state index is 10.7. The highest BCUT2D eigenvalue weighted by Crippen LogP contribution is 2.22. The fraction of sp³-hybridized carbons (Fsp3) is 0.182. The topological polar surface area (TPSA) is 46.5 Å². The lowest BCUT2D eigenvalue weighted by Crippen LogP contribution is -2.00. The van der Waals surface area contributed by atoms with Crippen LogP contribution in [0.5, 0.6) is 5.75 Å². The van der Waals surface area contributed by atoms with E-state index in [-0.39, 0.29) is 10.6 Å². The number of halogens is 1. The summed E-state index contributed by atoms with van der Waals surface area (Å²) in [6.45, 7) is 0.358. The summed E-state index contributed by atoms with van der Waals surface area (Å²) >= 11 is 5.68. The molecule has 0 amide bonds. The molecule has 0 aliphatic heterocycles. The van der Waals surface area contributed by atoms with Crippen LogP contribution < -0.4 is 4.74 Å². The standard InChI is InChI=1S/C11H9ClO3/c1-2-3-6-15-8-4-5-10(12)9(7-8)11(13)14/h1,4-5,7H,3,6H2,(H,13,14). The first kappa shape index (κ1) is 11.4. The molecule has 3 nitrogen and oxygen atoms in total. The molecule has 1 rings (SSSR count). The second-order valence-corrected chi connectivity index (χ2v) is 3.16. The van der Waals surface area contributed by atoms with Crippen molar-refractivity contribution in [1.82, 2.24) is 0 Å². The average molecular weight is 225 g/mol. The quantitative estimate of drug-likeness (QED) is 0.631. The van der Waals surface area contributed by atoms with Crippen molar-refractivity contribution in [1.29, 1.82) is 0 Å². The van der Waals surface area contributed by atoms with Crippen LogP contribution in [0.1, 0.15) is 16.8 Å². The Kier molecular flexibility index (Phi) is 4.02. The lowest BCUT2D eigenvalue weighted by Gasteiger charge is -2.05. The number of carboxylic acids is 1. The molecule has 1 aromatic carbocycles. The molecule has 0 bridgehead atoms. The second kappa shape index (κ2) is 5.28. The van der Waals surface area contributed by atoms with Crippen molar-refractivity contribution in [3.05, 3.63) is 28.8 Å². The third-order valence-corrected chi connectivity index (χ3v) is 2.01. The van der Waals surface area contributed by atoms with Gasteiger partial charge in [0.05, 0.1) is 17.2 Å². The van der Waals surface area contributed by atoms with Crippen molar-refractivity contribution in [3.63, 3.8) is 0 Å². The van der Waals surface area contributed by atoms with Crippen LogP contribution >= 0.6 is 11.6 Å². The van der Waals surface area contributed by atoms with Gasteiger partial charge >= 0.3 is 5.97 Å². The summed E-state index contributed by atoms with van der Waals surface area (Å²) in [5.41, 5.74) is 0.0230. The van der Waals surface area contributed by atoms with Gasteiger partial charge in [-0.1, -0.05) is 11.6 Å². The van der Waals surface area contributed by atoms with Gasteiger partial charge in [-0.15, -0.1) is 12.3 Å². The van der Waals surface area contributed by atoms with E-state index in [9.17, 15) is 4.79 Å². The van der Waals surface area contributed by atoms with Gasteiger partial charge in [-0.2, -0.15) is 0 Å². The SMILES string of the molecule is C#CCCOc1ccc(Cl)c(C(=O)O)c1. The summed E-state index contributed by atoms with van der Waals surface area (Å²) in [6, 6.07) is 4.46. The number of hydrogen-bond acceptors (Lipinski definition) is 2. The fourth-order valence-corrected chi connectivity index (χ4v) is 1.18. The van der Waals surface area contributed by atoms with Crippen LogP contribution in [0.3, 0.4) is 0 Å². The van der Waals surface area contributed by atoms with Gasteiger partial charge in [0.2, 0.25) is 0 Å². The van der Waals surface area contributed by atoms with Crippen LogP contribution in [0, 0.1) is 12.3 Å². The number of benzene rings is 1. The van der Waals surface area contributed by atoms with Gasteiger partial charge in [-0.05, 0) is 18.2 Å².